The molecule has 0 aliphatic heterocycles. The van der Waals surface area contributed by atoms with Crippen molar-refractivity contribution in [1.82, 2.24) is 0 Å². The van der Waals surface area contributed by atoms with E-state index in [2.05, 4.69) is 0 Å². The number of rotatable bonds is 8. The first-order valence-corrected chi connectivity index (χ1v) is 8.83. The van der Waals surface area contributed by atoms with E-state index in [1.165, 1.54) is 21.1 Å². The molecule has 0 aliphatic carbocycles. The van der Waals surface area contributed by atoms with Gasteiger partial charge in [0.25, 0.3) is 0 Å². The molecule has 0 bridgehead atoms. The number of Topliss-reactive ketones (excluding diaryl/α,β-unsaturated/α-hetero) is 1. The van der Waals surface area contributed by atoms with E-state index in [0.29, 0.717) is 40.4 Å². The van der Waals surface area contributed by atoms with Crippen LogP contribution in [0.1, 0.15) is 53.2 Å². The van der Waals surface area contributed by atoms with Gasteiger partial charge in [0.15, 0.2) is 17.3 Å². The number of ether oxygens (including phenoxy) is 3. The molecule has 0 amide bonds. The summed E-state index contributed by atoms with van der Waals surface area (Å²) in [6.45, 7) is 5.35. The highest BCUT2D eigenvalue weighted by Gasteiger charge is 2.25. The second-order valence-electron chi connectivity index (χ2n) is 6.38. The highest BCUT2D eigenvalue weighted by molar-refractivity contribution is 6.11. The molecule has 0 saturated carbocycles. The Kier molecular flexibility index (Phi) is 6.61. The number of carbonyl (C=O) groups is 2. The molecule has 144 valence electrons. The van der Waals surface area contributed by atoms with Crippen LogP contribution in [0.15, 0.2) is 30.3 Å². The Hall–Kier alpha value is -2.82. The van der Waals surface area contributed by atoms with Gasteiger partial charge in [0.1, 0.15) is 11.5 Å². The smallest absolute Gasteiger partial charge is 0.193 e. The van der Waals surface area contributed by atoms with Gasteiger partial charge in [-0.1, -0.05) is 6.92 Å². The van der Waals surface area contributed by atoms with Crippen LogP contribution in [0.3, 0.4) is 0 Å². The largest absolute Gasteiger partial charge is 0.496 e. The molecular weight excluding hydrogens is 344 g/mol. The summed E-state index contributed by atoms with van der Waals surface area (Å²) in [5, 5.41) is 0. The number of methoxy groups -OCH3 is 3. The van der Waals surface area contributed by atoms with E-state index in [4.69, 9.17) is 14.2 Å². The Bertz CT molecular complexity index is 854. The Morgan fingerprint density at radius 3 is 2.00 bits per heavy atom. The molecular formula is C22H26O5. The van der Waals surface area contributed by atoms with Gasteiger partial charge in [-0.2, -0.15) is 0 Å². The third-order valence-corrected chi connectivity index (χ3v) is 4.73. The van der Waals surface area contributed by atoms with Crippen LogP contribution in [0.5, 0.6) is 17.2 Å². The van der Waals surface area contributed by atoms with Crippen molar-refractivity contribution in [1.29, 1.82) is 0 Å². The van der Waals surface area contributed by atoms with Crippen molar-refractivity contribution in [2.75, 3.05) is 21.3 Å². The summed E-state index contributed by atoms with van der Waals surface area (Å²) < 4.78 is 16.0. The van der Waals surface area contributed by atoms with Crippen LogP contribution in [0.25, 0.3) is 0 Å². The van der Waals surface area contributed by atoms with Gasteiger partial charge in [0.05, 0.1) is 21.3 Å². The topological polar surface area (TPSA) is 61.8 Å². The fourth-order valence-corrected chi connectivity index (χ4v) is 3.28. The average molecular weight is 370 g/mol. The minimum atomic E-state index is -0.386. The molecule has 1 unspecified atom stereocenters. The second-order valence-corrected chi connectivity index (χ2v) is 6.38. The molecule has 0 radical (unpaired) electrons. The minimum absolute atomic E-state index is 0.00433. The number of carbonyl (C=O) groups excluding carboxylic acids is 2. The number of hydrogen-bond acceptors (Lipinski definition) is 5. The summed E-state index contributed by atoms with van der Waals surface area (Å²) in [6.07, 6.45) is 0.590. The highest BCUT2D eigenvalue weighted by atomic mass is 16.5. The van der Waals surface area contributed by atoms with Crippen molar-refractivity contribution < 1.29 is 23.8 Å². The quantitative estimate of drug-likeness (QED) is 0.647. The van der Waals surface area contributed by atoms with Crippen LogP contribution in [0, 0.1) is 6.92 Å². The molecule has 1 atom stereocenters. The standard InChI is InChI=1S/C22H26O5/c1-7-16(14(3)23)17-11-20(26-5)21(27-6)12-18(17)22(24)15-8-9-19(25-4)13(2)10-15/h8-12,16H,7H2,1-6H3. The Labute approximate surface area is 160 Å². The Morgan fingerprint density at radius 1 is 0.926 bits per heavy atom. The molecule has 0 N–H and O–H groups in total. The molecule has 2 aromatic carbocycles. The summed E-state index contributed by atoms with van der Waals surface area (Å²) in [5.74, 6) is 1.11. The fourth-order valence-electron chi connectivity index (χ4n) is 3.28. The highest BCUT2D eigenvalue weighted by Crippen LogP contribution is 2.36. The van der Waals surface area contributed by atoms with E-state index in [9.17, 15) is 9.59 Å². The van der Waals surface area contributed by atoms with Crippen molar-refractivity contribution in [3.8, 4) is 17.2 Å². The van der Waals surface area contributed by atoms with E-state index in [-0.39, 0.29) is 17.5 Å². The molecule has 0 aliphatic rings. The first-order chi connectivity index (χ1) is 12.9. The van der Waals surface area contributed by atoms with Gasteiger partial charge in [0.2, 0.25) is 0 Å². The fraction of sp³-hybridized carbons (Fsp3) is 0.364. The Balaban J connectivity index is 2.67. The summed E-state index contributed by atoms with van der Waals surface area (Å²) in [6, 6.07) is 8.67. The lowest BCUT2D eigenvalue weighted by Crippen LogP contribution is -2.15. The van der Waals surface area contributed by atoms with Crippen LogP contribution in [0.4, 0.5) is 0 Å². The predicted molar refractivity (Wildman–Crippen MR) is 104 cm³/mol. The normalized spacial score (nSPS) is 11.6. The molecule has 0 heterocycles. The summed E-state index contributed by atoms with van der Waals surface area (Å²) in [5.41, 5.74) is 2.49. The van der Waals surface area contributed by atoms with Crippen molar-refractivity contribution >= 4 is 11.6 Å². The lowest BCUT2D eigenvalue weighted by atomic mass is 9.86. The van der Waals surface area contributed by atoms with Gasteiger partial charge in [0, 0.05) is 17.0 Å². The zero-order valence-corrected chi connectivity index (χ0v) is 16.7. The van der Waals surface area contributed by atoms with E-state index < -0.39 is 0 Å². The van der Waals surface area contributed by atoms with Crippen LogP contribution in [-0.2, 0) is 4.79 Å². The van der Waals surface area contributed by atoms with E-state index >= 15 is 0 Å². The molecule has 2 rings (SSSR count). The van der Waals surface area contributed by atoms with Crippen LogP contribution >= 0.6 is 0 Å². The van der Waals surface area contributed by atoms with E-state index in [1.807, 2.05) is 13.8 Å². The maximum absolute atomic E-state index is 13.3. The van der Waals surface area contributed by atoms with Crippen molar-refractivity contribution in [2.24, 2.45) is 0 Å². The van der Waals surface area contributed by atoms with Gasteiger partial charge in [-0.15, -0.1) is 0 Å². The van der Waals surface area contributed by atoms with Gasteiger partial charge >= 0.3 is 0 Å². The number of aryl methyl sites for hydroxylation is 1. The van der Waals surface area contributed by atoms with Crippen LogP contribution < -0.4 is 14.2 Å². The molecule has 0 fully saturated rings. The molecule has 5 nitrogen and oxygen atoms in total. The molecule has 0 saturated heterocycles. The van der Waals surface area contributed by atoms with Gasteiger partial charge in [-0.05, 0) is 61.7 Å². The van der Waals surface area contributed by atoms with Crippen LogP contribution in [-0.4, -0.2) is 32.9 Å². The number of hydrogen-bond donors (Lipinski definition) is 0. The lowest BCUT2D eigenvalue weighted by Gasteiger charge is -2.19. The van der Waals surface area contributed by atoms with E-state index in [1.54, 1.807) is 37.4 Å². The average Bonchev–Trinajstić information content (AvgIpc) is 2.67. The zero-order chi connectivity index (χ0) is 20.1. The van der Waals surface area contributed by atoms with Gasteiger partial charge in [-0.3, -0.25) is 9.59 Å². The molecule has 2 aromatic rings. The maximum atomic E-state index is 13.3. The summed E-state index contributed by atoms with van der Waals surface area (Å²) >= 11 is 0. The first kappa shape index (κ1) is 20.5. The molecule has 0 spiro atoms. The van der Waals surface area contributed by atoms with Crippen molar-refractivity contribution in [3.63, 3.8) is 0 Å². The first-order valence-electron chi connectivity index (χ1n) is 8.83. The number of benzene rings is 2. The van der Waals surface area contributed by atoms with Gasteiger partial charge in [-0.25, -0.2) is 0 Å². The predicted octanol–water partition coefficient (Wildman–Crippen LogP) is 4.33. The van der Waals surface area contributed by atoms with Gasteiger partial charge < -0.3 is 14.2 Å². The monoisotopic (exact) mass is 370 g/mol. The molecule has 5 heteroatoms. The third kappa shape index (κ3) is 4.13. The van der Waals surface area contributed by atoms with E-state index in [0.717, 1.165) is 5.56 Å². The summed E-state index contributed by atoms with van der Waals surface area (Å²) in [4.78, 5) is 25.5. The van der Waals surface area contributed by atoms with Crippen molar-refractivity contribution in [2.45, 2.75) is 33.1 Å². The molecule has 27 heavy (non-hydrogen) atoms. The Morgan fingerprint density at radius 2 is 1.52 bits per heavy atom. The summed E-state index contributed by atoms with van der Waals surface area (Å²) in [7, 11) is 4.64. The molecule has 0 aromatic heterocycles. The minimum Gasteiger partial charge on any atom is -0.496 e. The number of ketones is 2. The zero-order valence-electron chi connectivity index (χ0n) is 16.7. The second kappa shape index (κ2) is 8.71. The van der Waals surface area contributed by atoms with Crippen LogP contribution in [0.2, 0.25) is 0 Å². The SMILES string of the molecule is CCC(C(C)=O)c1cc(OC)c(OC)cc1C(=O)c1ccc(OC)c(C)c1. The maximum Gasteiger partial charge on any atom is 0.193 e. The lowest BCUT2D eigenvalue weighted by molar-refractivity contribution is -0.118. The van der Waals surface area contributed by atoms with Crippen molar-refractivity contribution in [3.05, 3.63) is 52.6 Å². The third-order valence-electron chi connectivity index (χ3n) is 4.73.